The zero-order chi connectivity index (χ0) is 20.2. The number of fused-ring (bicyclic) bond motifs is 1. The van der Waals surface area contributed by atoms with Crippen LogP contribution in [0.1, 0.15) is 23.8 Å². The van der Waals surface area contributed by atoms with Crippen molar-refractivity contribution in [3.63, 3.8) is 0 Å². The van der Waals surface area contributed by atoms with Crippen LogP contribution < -0.4 is 5.32 Å². The summed E-state index contributed by atoms with van der Waals surface area (Å²) in [7, 11) is 0. The molecule has 1 aliphatic heterocycles. The van der Waals surface area contributed by atoms with Gasteiger partial charge in [-0.3, -0.25) is 9.78 Å². The smallest absolute Gasteiger partial charge is 0.224 e. The third-order valence-electron chi connectivity index (χ3n) is 4.92. The molecule has 1 aromatic heterocycles. The predicted octanol–water partition coefficient (Wildman–Crippen LogP) is 5.49. The van der Waals surface area contributed by atoms with Gasteiger partial charge in [-0.05, 0) is 48.4 Å². The number of amides is 1. The Morgan fingerprint density at radius 2 is 2.14 bits per heavy atom. The molecule has 1 aliphatic rings. The van der Waals surface area contributed by atoms with E-state index >= 15 is 0 Å². The molecule has 29 heavy (non-hydrogen) atoms. The molecule has 0 radical (unpaired) electrons. The second-order valence-corrected chi connectivity index (χ2v) is 8.54. The van der Waals surface area contributed by atoms with Crippen LogP contribution in [0.5, 0.6) is 0 Å². The first kappa shape index (κ1) is 20.0. The molecule has 3 aromatic rings. The van der Waals surface area contributed by atoms with Crippen LogP contribution in [0.2, 0.25) is 5.02 Å². The summed E-state index contributed by atoms with van der Waals surface area (Å²) in [6.45, 7) is 1.33. The van der Waals surface area contributed by atoms with Gasteiger partial charge in [-0.1, -0.05) is 23.7 Å². The summed E-state index contributed by atoms with van der Waals surface area (Å²) in [5.41, 5.74) is 2.68. The van der Waals surface area contributed by atoms with Gasteiger partial charge < -0.3 is 10.2 Å². The van der Waals surface area contributed by atoms with Crippen molar-refractivity contribution in [2.75, 3.05) is 24.2 Å². The van der Waals surface area contributed by atoms with Gasteiger partial charge in [0.05, 0.1) is 5.52 Å². The molecule has 1 amide bonds. The highest BCUT2D eigenvalue weighted by atomic mass is 35.5. The summed E-state index contributed by atoms with van der Waals surface area (Å²) in [5, 5.41) is 4.98. The number of hydrogen-bond donors (Lipinski definition) is 1. The molecule has 0 spiro atoms. The number of rotatable bonds is 6. The third kappa shape index (κ3) is 4.65. The van der Waals surface area contributed by atoms with Gasteiger partial charge in [0, 0.05) is 47.6 Å². The molecule has 4 rings (SSSR count). The summed E-state index contributed by atoms with van der Waals surface area (Å²) in [6, 6.07) is 14.1. The molecule has 4 nitrogen and oxygen atoms in total. The summed E-state index contributed by atoms with van der Waals surface area (Å²) < 4.78 is 13.7. The van der Waals surface area contributed by atoms with Crippen molar-refractivity contribution in [2.45, 2.75) is 18.2 Å². The second kappa shape index (κ2) is 9.01. The monoisotopic (exact) mass is 429 g/mol. The molecule has 1 atom stereocenters. The number of hydrogen-bond acceptors (Lipinski definition) is 4. The first-order valence-electron chi connectivity index (χ1n) is 9.56. The highest BCUT2D eigenvalue weighted by molar-refractivity contribution is 7.99. The highest BCUT2D eigenvalue weighted by Crippen LogP contribution is 2.37. The molecule has 1 unspecified atom stereocenters. The number of carbonyl (C=O) groups excluding carboxylic acids is 1. The van der Waals surface area contributed by atoms with Gasteiger partial charge >= 0.3 is 0 Å². The van der Waals surface area contributed by atoms with Gasteiger partial charge in [0.25, 0.3) is 0 Å². The van der Waals surface area contributed by atoms with Crippen molar-refractivity contribution in [1.29, 1.82) is 0 Å². The first-order valence-corrected chi connectivity index (χ1v) is 11.0. The molecule has 2 aromatic carbocycles. The molecule has 1 fully saturated rings. The van der Waals surface area contributed by atoms with E-state index in [0.29, 0.717) is 24.5 Å². The summed E-state index contributed by atoms with van der Waals surface area (Å²) in [5.74, 6) is 0.620. The van der Waals surface area contributed by atoms with Crippen molar-refractivity contribution in [3.05, 3.63) is 71.1 Å². The average Bonchev–Trinajstić information content (AvgIpc) is 2.71. The summed E-state index contributed by atoms with van der Waals surface area (Å²) in [4.78, 5) is 18.7. The van der Waals surface area contributed by atoms with Crippen LogP contribution in [-0.2, 0) is 4.79 Å². The standard InChI is InChI=1S/C22H21ClFN3OS/c23-16-5-6-18-19(7-10-26-20(18)14-16)25-9-2-11-27-21(28)8-12-29-22(27)15-3-1-4-17(24)13-15/h1,3-7,10,13-14,22H,2,8-9,11-12H2,(H,25,26). The molecule has 7 heteroatoms. The molecule has 150 valence electrons. The highest BCUT2D eigenvalue weighted by Gasteiger charge is 2.29. The zero-order valence-electron chi connectivity index (χ0n) is 15.8. The van der Waals surface area contributed by atoms with Crippen molar-refractivity contribution in [3.8, 4) is 0 Å². The van der Waals surface area contributed by atoms with Crippen LogP contribution in [0.15, 0.2) is 54.7 Å². The SMILES string of the molecule is O=C1CCSC(c2cccc(F)c2)N1CCCNc1ccnc2cc(Cl)ccc12. The van der Waals surface area contributed by atoms with Crippen LogP contribution in [-0.4, -0.2) is 34.6 Å². The Kier molecular flexibility index (Phi) is 6.21. The number of pyridine rings is 1. The van der Waals surface area contributed by atoms with Crippen LogP contribution in [0, 0.1) is 5.82 Å². The fraction of sp³-hybridized carbons (Fsp3) is 0.273. The van der Waals surface area contributed by atoms with Crippen molar-refractivity contribution >= 4 is 45.9 Å². The molecule has 0 aliphatic carbocycles. The van der Waals surface area contributed by atoms with E-state index in [1.165, 1.54) is 12.1 Å². The van der Waals surface area contributed by atoms with E-state index in [1.54, 1.807) is 24.0 Å². The minimum Gasteiger partial charge on any atom is -0.384 e. The lowest BCUT2D eigenvalue weighted by molar-refractivity contribution is -0.132. The van der Waals surface area contributed by atoms with Gasteiger partial charge in [-0.25, -0.2) is 4.39 Å². The number of anilines is 1. The number of nitrogens with zero attached hydrogens (tertiary/aromatic N) is 2. The lowest BCUT2D eigenvalue weighted by Gasteiger charge is -2.35. The van der Waals surface area contributed by atoms with Crippen molar-refractivity contribution in [1.82, 2.24) is 9.88 Å². The van der Waals surface area contributed by atoms with E-state index in [1.807, 2.05) is 35.2 Å². The molecule has 1 N–H and O–H groups in total. The van der Waals surface area contributed by atoms with Crippen LogP contribution in [0.4, 0.5) is 10.1 Å². The lowest BCUT2D eigenvalue weighted by atomic mass is 10.1. The fourth-order valence-corrected chi connectivity index (χ4v) is 4.97. The van der Waals surface area contributed by atoms with E-state index in [0.717, 1.165) is 34.3 Å². The molecule has 0 saturated carbocycles. The van der Waals surface area contributed by atoms with Crippen LogP contribution in [0.25, 0.3) is 10.9 Å². The number of thioether (sulfide) groups is 1. The van der Waals surface area contributed by atoms with Gasteiger partial charge in [-0.2, -0.15) is 0 Å². The number of carbonyl (C=O) groups is 1. The first-order chi connectivity index (χ1) is 14.1. The van der Waals surface area contributed by atoms with Gasteiger partial charge in [-0.15, -0.1) is 11.8 Å². The Balaban J connectivity index is 1.41. The zero-order valence-corrected chi connectivity index (χ0v) is 17.3. The van der Waals surface area contributed by atoms with Crippen molar-refractivity contribution in [2.24, 2.45) is 0 Å². The Morgan fingerprint density at radius 1 is 1.24 bits per heavy atom. The molecular weight excluding hydrogens is 409 g/mol. The Bertz CT molecular complexity index is 1030. The van der Waals surface area contributed by atoms with Gasteiger partial charge in [0.1, 0.15) is 11.2 Å². The van der Waals surface area contributed by atoms with E-state index in [9.17, 15) is 9.18 Å². The lowest BCUT2D eigenvalue weighted by Crippen LogP contribution is -2.38. The maximum absolute atomic E-state index is 13.7. The van der Waals surface area contributed by atoms with Crippen LogP contribution >= 0.6 is 23.4 Å². The topological polar surface area (TPSA) is 45.2 Å². The second-order valence-electron chi connectivity index (χ2n) is 6.92. The Morgan fingerprint density at radius 3 is 3.00 bits per heavy atom. The fourth-order valence-electron chi connectivity index (χ4n) is 3.55. The molecule has 0 bridgehead atoms. The van der Waals surface area contributed by atoms with E-state index in [2.05, 4.69) is 10.3 Å². The predicted molar refractivity (Wildman–Crippen MR) is 118 cm³/mol. The normalized spacial score (nSPS) is 17.0. The molecule has 1 saturated heterocycles. The Hall–Kier alpha value is -2.31. The minimum atomic E-state index is -0.271. The largest absolute Gasteiger partial charge is 0.384 e. The van der Waals surface area contributed by atoms with Crippen molar-refractivity contribution < 1.29 is 9.18 Å². The third-order valence-corrected chi connectivity index (χ3v) is 6.44. The van der Waals surface area contributed by atoms with E-state index in [-0.39, 0.29) is 17.1 Å². The van der Waals surface area contributed by atoms with Gasteiger partial charge in [0.2, 0.25) is 5.91 Å². The number of aromatic nitrogens is 1. The van der Waals surface area contributed by atoms with E-state index in [4.69, 9.17) is 11.6 Å². The van der Waals surface area contributed by atoms with Gasteiger partial charge in [0.15, 0.2) is 0 Å². The van der Waals surface area contributed by atoms with Crippen LogP contribution in [0.3, 0.4) is 0 Å². The Labute approximate surface area is 178 Å². The number of nitrogens with one attached hydrogen (secondary N) is 1. The maximum Gasteiger partial charge on any atom is 0.224 e. The summed E-state index contributed by atoms with van der Waals surface area (Å²) >= 11 is 7.74. The minimum absolute atomic E-state index is 0.127. The summed E-state index contributed by atoms with van der Waals surface area (Å²) in [6.07, 6.45) is 3.07. The quantitative estimate of drug-likeness (QED) is 0.526. The maximum atomic E-state index is 13.7. The molecular formula is C22H21ClFN3OS. The molecule has 2 heterocycles. The average molecular weight is 430 g/mol. The number of halogens is 2. The number of benzene rings is 2. The van der Waals surface area contributed by atoms with E-state index < -0.39 is 0 Å².